The number of nitrogens with one attached hydrogen (secondary N) is 3. The van der Waals surface area contributed by atoms with Gasteiger partial charge in [-0.2, -0.15) is 0 Å². The summed E-state index contributed by atoms with van der Waals surface area (Å²) >= 11 is 0. The number of hydrogen-bond donors (Lipinski definition) is 8. The minimum Gasteiger partial charge on any atom is -0.480 e. The molecule has 0 aliphatic carbocycles. The Hall–Kier alpha value is -2.77. The van der Waals surface area contributed by atoms with Crippen LogP contribution in [0.3, 0.4) is 0 Å². The fraction of sp³-hybridized carbons (Fsp3) is 0.750. The summed E-state index contributed by atoms with van der Waals surface area (Å²) in [5.41, 5.74) is 16.4. The summed E-state index contributed by atoms with van der Waals surface area (Å²) in [5, 5.41) is 25.9. The van der Waals surface area contributed by atoms with Gasteiger partial charge in [0.2, 0.25) is 23.6 Å². The van der Waals surface area contributed by atoms with Crippen molar-refractivity contribution < 1.29 is 34.2 Å². The van der Waals surface area contributed by atoms with Crippen molar-refractivity contribution in [1.29, 1.82) is 0 Å². The first kappa shape index (κ1) is 30.2. The number of aliphatic carboxylic acids is 1. The molecule has 0 aliphatic rings. The Kier molecular flexibility index (Phi) is 13.9. The largest absolute Gasteiger partial charge is 0.480 e. The van der Waals surface area contributed by atoms with Gasteiger partial charge in [-0.1, -0.05) is 20.3 Å². The summed E-state index contributed by atoms with van der Waals surface area (Å²) in [6, 6.07) is -4.85. The Balaban J connectivity index is 5.40. The van der Waals surface area contributed by atoms with Gasteiger partial charge in [-0.15, -0.1) is 0 Å². The standard InChI is InChI=1S/C20H38N6O7/c1-10(2)15(25-17(29)12(22)6-4-5-9-21)19(31)24-13(7-8-14(23)28)18(30)26-16(11(3)27)20(32)33/h10-13,15-16,27H,4-9,21-22H2,1-3H3,(H2,23,28)(H,24,31)(H,25,29)(H,26,30)(H,32,33). The smallest absolute Gasteiger partial charge is 0.328 e. The van der Waals surface area contributed by atoms with Crippen molar-refractivity contribution in [3.63, 3.8) is 0 Å². The molecule has 0 aromatic rings. The van der Waals surface area contributed by atoms with Gasteiger partial charge in [0.25, 0.3) is 0 Å². The molecular weight excluding hydrogens is 436 g/mol. The number of nitrogens with two attached hydrogens (primary N) is 3. The zero-order valence-electron chi connectivity index (χ0n) is 19.4. The summed E-state index contributed by atoms with van der Waals surface area (Å²) in [5.74, 6) is -4.78. The van der Waals surface area contributed by atoms with E-state index in [0.717, 1.165) is 0 Å². The van der Waals surface area contributed by atoms with E-state index in [-0.39, 0.29) is 18.8 Å². The summed E-state index contributed by atoms with van der Waals surface area (Å²) in [6.45, 7) is 5.00. The quantitative estimate of drug-likeness (QED) is 0.108. The maximum absolute atomic E-state index is 12.9. The Morgan fingerprint density at radius 1 is 0.848 bits per heavy atom. The molecule has 0 aromatic carbocycles. The lowest BCUT2D eigenvalue weighted by molar-refractivity contribution is -0.145. The minimum atomic E-state index is -1.63. The number of rotatable bonds is 16. The topological polar surface area (TPSA) is 240 Å². The Labute approximate surface area is 193 Å². The number of amides is 4. The number of hydrogen-bond acceptors (Lipinski definition) is 8. The number of unbranched alkanes of at least 4 members (excludes halogenated alkanes) is 1. The van der Waals surface area contributed by atoms with E-state index in [4.69, 9.17) is 22.3 Å². The molecule has 0 rings (SSSR count). The molecule has 0 radical (unpaired) electrons. The van der Waals surface area contributed by atoms with Crippen LogP contribution < -0.4 is 33.2 Å². The maximum Gasteiger partial charge on any atom is 0.328 e. The number of carbonyl (C=O) groups excluding carboxylic acids is 4. The molecule has 5 atom stereocenters. The van der Waals surface area contributed by atoms with Crippen LogP contribution in [0.2, 0.25) is 0 Å². The van der Waals surface area contributed by atoms with E-state index in [0.29, 0.717) is 25.8 Å². The summed E-state index contributed by atoms with van der Waals surface area (Å²) in [7, 11) is 0. The van der Waals surface area contributed by atoms with E-state index < -0.39 is 59.9 Å². The lowest BCUT2D eigenvalue weighted by Gasteiger charge is -2.27. The summed E-state index contributed by atoms with van der Waals surface area (Å²) < 4.78 is 0. The van der Waals surface area contributed by atoms with Crippen LogP contribution in [-0.2, 0) is 24.0 Å². The van der Waals surface area contributed by atoms with E-state index in [9.17, 15) is 29.1 Å². The van der Waals surface area contributed by atoms with Gasteiger partial charge in [-0.25, -0.2) is 4.79 Å². The molecule has 0 aliphatic heterocycles. The van der Waals surface area contributed by atoms with Crippen molar-refractivity contribution >= 4 is 29.6 Å². The third-order valence-corrected chi connectivity index (χ3v) is 4.91. The van der Waals surface area contributed by atoms with E-state index in [1.807, 2.05) is 0 Å². The first-order valence-electron chi connectivity index (χ1n) is 10.9. The van der Waals surface area contributed by atoms with Crippen LogP contribution in [-0.4, -0.2) is 76.6 Å². The first-order valence-corrected chi connectivity index (χ1v) is 10.9. The van der Waals surface area contributed by atoms with Crippen molar-refractivity contribution in [2.75, 3.05) is 6.54 Å². The molecule has 13 heteroatoms. The fourth-order valence-corrected chi connectivity index (χ4v) is 2.89. The zero-order valence-corrected chi connectivity index (χ0v) is 19.4. The molecule has 0 heterocycles. The second-order valence-corrected chi connectivity index (χ2v) is 8.25. The Bertz CT molecular complexity index is 686. The van der Waals surface area contributed by atoms with Gasteiger partial charge in [0, 0.05) is 6.42 Å². The normalized spacial score (nSPS) is 15.6. The number of aliphatic hydroxyl groups is 1. The zero-order chi connectivity index (χ0) is 25.7. The maximum atomic E-state index is 12.9. The molecule has 0 bridgehead atoms. The molecule has 0 saturated carbocycles. The molecule has 13 nitrogen and oxygen atoms in total. The second kappa shape index (κ2) is 15.1. The Morgan fingerprint density at radius 2 is 1.42 bits per heavy atom. The number of carboxylic acids is 1. The fourth-order valence-electron chi connectivity index (χ4n) is 2.89. The first-order chi connectivity index (χ1) is 15.3. The summed E-state index contributed by atoms with van der Waals surface area (Å²) in [4.78, 5) is 60.3. The molecule has 0 fully saturated rings. The van der Waals surface area contributed by atoms with Crippen molar-refractivity contribution in [2.24, 2.45) is 23.1 Å². The second-order valence-electron chi connectivity index (χ2n) is 8.25. The van der Waals surface area contributed by atoms with E-state index in [1.165, 1.54) is 6.92 Å². The molecule has 11 N–H and O–H groups in total. The third kappa shape index (κ3) is 11.6. The summed E-state index contributed by atoms with van der Waals surface area (Å²) in [6.07, 6.45) is -0.161. The number of primary amides is 1. The molecule has 0 aromatic heterocycles. The number of carbonyl (C=O) groups is 5. The molecule has 33 heavy (non-hydrogen) atoms. The average Bonchev–Trinajstić information content (AvgIpc) is 2.71. The monoisotopic (exact) mass is 474 g/mol. The van der Waals surface area contributed by atoms with E-state index in [2.05, 4.69) is 16.0 Å². The van der Waals surface area contributed by atoms with Gasteiger partial charge in [0.15, 0.2) is 6.04 Å². The van der Waals surface area contributed by atoms with Crippen molar-refractivity contribution in [2.45, 2.75) is 83.1 Å². The lowest BCUT2D eigenvalue weighted by atomic mass is 10.0. The van der Waals surface area contributed by atoms with Crippen LogP contribution in [0.1, 0.15) is 52.9 Å². The van der Waals surface area contributed by atoms with Crippen LogP contribution in [0.25, 0.3) is 0 Å². The molecule has 4 amide bonds. The lowest BCUT2D eigenvalue weighted by Crippen LogP contribution is -2.59. The predicted octanol–water partition coefficient (Wildman–Crippen LogP) is -2.72. The highest BCUT2D eigenvalue weighted by Crippen LogP contribution is 2.07. The van der Waals surface area contributed by atoms with Gasteiger partial charge in [-0.05, 0) is 38.6 Å². The van der Waals surface area contributed by atoms with Crippen LogP contribution >= 0.6 is 0 Å². The van der Waals surface area contributed by atoms with Crippen molar-refractivity contribution in [1.82, 2.24) is 16.0 Å². The van der Waals surface area contributed by atoms with Gasteiger partial charge < -0.3 is 43.4 Å². The van der Waals surface area contributed by atoms with Crippen LogP contribution in [0.4, 0.5) is 0 Å². The van der Waals surface area contributed by atoms with E-state index in [1.54, 1.807) is 13.8 Å². The molecular formula is C20H38N6O7. The van der Waals surface area contributed by atoms with E-state index >= 15 is 0 Å². The van der Waals surface area contributed by atoms with Gasteiger partial charge in [-0.3, -0.25) is 19.2 Å². The molecule has 0 spiro atoms. The molecule has 190 valence electrons. The highest BCUT2D eigenvalue weighted by atomic mass is 16.4. The number of aliphatic hydroxyl groups excluding tert-OH is 1. The average molecular weight is 475 g/mol. The van der Waals surface area contributed by atoms with Crippen LogP contribution in [0.5, 0.6) is 0 Å². The van der Waals surface area contributed by atoms with Crippen LogP contribution in [0, 0.1) is 5.92 Å². The SMILES string of the molecule is CC(C)C(NC(=O)C(N)CCCCN)C(=O)NC(CCC(N)=O)C(=O)NC(C(=O)O)C(C)O. The van der Waals surface area contributed by atoms with Gasteiger partial charge in [0.05, 0.1) is 12.1 Å². The highest BCUT2D eigenvalue weighted by molar-refractivity contribution is 5.94. The molecule has 0 saturated heterocycles. The van der Waals surface area contributed by atoms with Crippen LogP contribution in [0.15, 0.2) is 0 Å². The van der Waals surface area contributed by atoms with Crippen molar-refractivity contribution in [3.05, 3.63) is 0 Å². The highest BCUT2D eigenvalue weighted by Gasteiger charge is 2.32. The van der Waals surface area contributed by atoms with Gasteiger partial charge in [0.1, 0.15) is 12.1 Å². The Morgan fingerprint density at radius 3 is 1.88 bits per heavy atom. The van der Waals surface area contributed by atoms with Gasteiger partial charge >= 0.3 is 5.97 Å². The number of carboxylic acid groups (broad SMARTS) is 1. The minimum absolute atomic E-state index is 0.212. The predicted molar refractivity (Wildman–Crippen MR) is 119 cm³/mol. The molecule has 5 unspecified atom stereocenters. The third-order valence-electron chi connectivity index (χ3n) is 4.91. The van der Waals surface area contributed by atoms with Crippen molar-refractivity contribution in [3.8, 4) is 0 Å².